The van der Waals surface area contributed by atoms with Gasteiger partial charge in [0.15, 0.2) is 17.2 Å². The summed E-state index contributed by atoms with van der Waals surface area (Å²) in [5.41, 5.74) is 8.19. The second kappa shape index (κ2) is 8.72. The predicted octanol–water partition coefficient (Wildman–Crippen LogP) is 8.30. The van der Waals surface area contributed by atoms with Crippen molar-refractivity contribution in [3.63, 3.8) is 0 Å². The Morgan fingerprint density at radius 2 is 1.36 bits per heavy atom. The Morgan fingerprint density at radius 3 is 1.97 bits per heavy atom. The van der Waals surface area contributed by atoms with Gasteiger partial charge in [0.1, 0.15) is 5.01 Å². The predicted molar refractivity (Wildman–Crippen MR) is 159 cm³/mol. The maximum atomic E-state index is 13.5. The molecule has 0 fully saturated rings. The van der Waals surface area contributed by atoms with E-state index in [2.05, 4.69) is 61.7 Å². The van der Waals surface area contributed by atoms with Crippen molar-refractivity contribution >= 4 is 50.1 Å². The first-order valence-electron chi connectivity index (χ1n) is 12.9. The van der Waals surface area contributed by atoms with Crippen LogP contribution in [0.25, 0.3) is 43.5 Å². The van der Waals surface area contributed by atoms with Gasteiger partial charge in [-0.25, -0.2) is 4.98 Å². The number of rotatable bonds is 3. The number of thiazole rings is 1. The van der Waals surface area contributed by atoms with E-state index < -0.39 is 0 Å². The number of carbonyl (C=O) groups excluding carboxylic acids is 2. The Kier molecular flexibility index (Phi) is 5.25. The summed E-state index contributed by atoms with van der Waals surface area (Å²) in [6, 6.07) is 28.1. The molecule has 0 saturated carbocycles. The minimum absolute atomic E-state index is 0.191. The second-order valence-electron chi connectivity index (χ2n) is 10.2. The molecule has 2 aromatic heterocycles. The SMILES string of the molecule is Cc1ccc(-c2nc3c(cc(C=C4C(=O)c5cc6ccccc6cc5C4=O)n3-c3c(C)cccc3C)s2)cc1. The fourth-order valence-electron chi connectivity index (χ4n) is 5.51. The molecule has 39 heavy (non-hydrogen) atoms. The Bertz CT molecular complexity index is 1950. The van der Waals surface area contributed by atoms with Gasteiger partial charge in [-0.1, -0.05) is 72.3 Å². The van der Waals surface area contributed by atoms with Crippen molar-refractivity contribution in [3.05, 3.63) is 124 Å². The normalized spacial score (nSPS) is 13.1. The Labute approximate surface area is 229 Å². The number of hydrogen-bond acceptors (Lipinski definition) is 4. The van der Waals surface area contributed by atoms with Crippen molar-refractivity contribution < 1.29 is 9.59 Å². The Balaban J connectivity index is 1.43. The van der Waals surface area contributed by atoms with E-state index in [-0.39, 0.29) is 17.1 Å². The zero-order chi connectivity index (χ0) is 26.8. The Morgan fingerprint density at radius 1 is 0.744 bits per heavy atom. The molecular formula is C34H24N2O2S. The highest BCUT2D eigenvalue weighted by atomic mass is 32.1. The van der Waals surface area contributed by atoms with Crippen molar-refractivity contribution in [1.82, 2.24) is 9.55 Å². The lowest BCUT2D eigenvalue weighted by atomic mass is 10.0. The van der Waals surface area contributed by atoms with Crippen LogP contribution in [-0.2, 0) is 0 Å². The molecular weight excluding hydrogens is 500 g/mol. The zero-order valence-corrected chi connectivity index (χ0v) is 22.6. The van der Waals surface area contributed by atoms with E-state index in [4.69, 9.17) is 4.98 Å². The average Bonchev–Trinajstić information content (AvgIpc) is 3.55. The van der Waals surface area contributed by atoms with Gasteiger partial charge in [0.2, 0.25) is 0 Å². The van der Waals surface area contributed by atoms with Crippen LogP contribution in [0.1, 0.15) is 43.1 Å². The molecule has 6 aromatic rings. The summed E-state index contributed by atoms with van der Waals surface area (Å²) in [7, 11) is 0. The number of allylic oxidation sites excluding steroid dienone is 1. The van der Waals surface area contributed by atoms with E-state index >= 15 is 0 Å². The summed E-state index contributed by atoms with van der Waals surface area (Å²) in [5, 5.41) is 2.84. The molecule has 1 aliphatic rings. The first-order valence-corrected chi connectivity index (χ1v) is 13.7. The van der Waals surface area contributed by atoms with Crippen LogP contribution in [0.15, 0.2) is 90.5 Å². The van der Waals surface area contributed by atoms with Crippen molar-refractivity contribution in [2.24, 2.45) is 0 Å². The summed E-state index contributed by atoms with van der Waals surface area (Å²) in [6.45, 7) is 6.22. The largest absolute Gasteiger partial charge is 0.293 e. The highest BCUT2D eigenvalue weighted by Gasteiger charge is 2.34. The summed E-state index contributed by atoms with van der Waals surface area (Å²) >= 11 is 1.61. The fourth-order valence-corrected chi connectivity index (χ4v) is 6.51. The molecule has 0 N–H and O–H groups in total. The lowest BCUT2D eigenvalue weighted by molar-refractivity contribution is 0.0990. The summed E-state index contributed by atoms with van der Waals surface area (Å²) < 4.78 is 3.10. The van der Waals surface area contributed by atoms with Crippen LogP contribution in [-0.4, -0.2) is 21.1 Å². The molecule has 188 valence electrons. The number of Topliss-reactive ketones (excluding diaryl/α,β-unsaturated/α-hetero) is 2. The van der Waals surface area contributed by atoms with Gasteiger partial charge in [-0.05, 0) is 66.9 Å². The van der Waals surface area contributed by atoms with Gasteiger partial charge in [-0.15, -0.1) is 11.3 Å². The molecule has 5 heteroatoms. The van der Waals surface area contributed by atoms with Crippen molar-refractivity contribution in [2.45, 2.75) is 20.8 Å². The third kappa shape index (κ3) is 3.69. The van der Waals surface area contributed by atoms with Crippen molar-refractivity contribution in [1.29, 1.82) is 0 Å². The molecule has 0 aliphatic heterocycles. The van der Waals surface area contributed by atoms with Crippen LogP contribution in [0.4, 0.5) is 0 Å². The number of ketones is 2. The third-order valence-corrected chi connectivity index (χ3v) is 8.54. The highest BCUT2D eigenvalue weighted by Crippen LogP contribution is 2.38. The van der Waals surface area contributed by atoms with Crippen LogP contribution >= 0.6 is 11.3 Å². The molecule has 0 spiro atoms. The molecule has 0 unspecified atom stereocenters. The first-order chi connectivity index (χ1) is 18.9. The number of hydrogen-bond donors (Lipinski definition) is 0. The van der Waals surface area contributed by atoms with Gasteiger partial charge in [0, 0.05) is 16.7 Å². The van der Waals surface area contributed by atoms with E-state index in [1.807, 2.05) is 48.5 Å². The lowest BCUT2D eigenvalue weighted by Gasteiger charge is -2.14. The van der Waals surface area contributed by atoms with E-state index in [0.29, 0.717) is 11.1 Å². The quantitative estimate of drug-likeness (QED) is 0.173. The smallest absolute Gasteiger partial charge is 0.197 e. The van der Waals surface area contributed by atoms with Gasteiger partial charge < -0.3 is 0 Å². The number of carbonyl (C=O) groups is 2. The molecule has 4 nitrogen and oxygen atoms in total. The van der Waals surface area contributed by atoms with Gasteiger partial charge in [0.25, 0.3) is 0 Å². The molecule has 1 aliphatic carbocycles. The van der Waals surface area contributed by atoms with E-state index in [1.54, 1.807) is 17.4 Å². The number of fused-ring (bicyclic) bond motifs is 3. The van der Waals surface area contributed by atoms with Crippen LogP contribution in [0.2, 0.25) is 0 Å². The number of para-hydroxylation sites is 1. The lowest BCUT2D eigenvalue weighted by Crippen LogP contribution is -2.05. The van der Waals surface area contributed by atoms with E-state index in [0.717, 1.165) is 54.2 Å². The molecule has 0 amide bonds. The standard InChI is InChI=1S/C34H24N2O2S/c1-19-11-13-22(14-12-19)34-35-33-29(39-34)18-25(36(33)30-20(2)7-6-8-21(30)3)17-28-31(37)26-15-23-9-4-5-10-24(23)16-27(26)32(28)38/h4-18H,1-3H3. The minimum atomic E-state index is -0.230. The molecule has 0 bridgehead atoms. The monoisotopic (exact) mass is 524 g/mol. The molecule has 0 atom stereocenters. The third-order valence-electron chi connectivity index (χ3n) is 7.50. The van der Waals surface area contributed by atoms with Gasteiger partial charge in [-0.3, -0.25) is 14.2 Å². The Hall–Kier alpha value is -4.61. The van der Waals surface area contributed by atoms with Gasteiger partial charge in [0.05, 0.1) is 21.7 Å². The van der Waals surface area contributed by atoms with Crippen molar-refractivity contribution in [3.8, 4) is 16.3 Å². The van der Waals surface area contributed by atoms with Crippen LogP contribution in [0.5, 0.6) is 0 Å². The number of nitrogens with zero attached hydrogens (tertiary/aromatic N) is 2. The van der Waals surface area contributed by atoms with E-state index in [9.17, 15) is 9.59 Å². The molecule has 0 saturated heterocycles. The average molecular weight is 525 g/mol. The number of benzene rings is 4. The van der Waals surface area contributed by atoms with Crippen LogP contribution in [0.3, 0.4) is 0 Å². The fraction of sp³-hybridized carbons (Fsp3) is 0.0882. The highest BCUT2D eigenvalue weighted by molar-refractivity contribution is 7.21. The molecule has 0 radical (unpaired) electrons. The molecule has 2 heterocycles. The van der Waals surface area contributed by atoms with Crippen LogP contribution in [0, 0.1) is 20.8 Å². The van der Waals surface area contributed by atoms with Crippen LogP contribution < -0.4 is 0 Å². The zero-order valence-electron chi connectivity index (χ0n) is 21.8. The summed E-state index contributed by atoms with van der Waals surface area (Å²) in [6.07, 6.45) is 1.75. The van der Waals surface area contributed by atoms with E-state index in [1.165, 1.54) is 5.56 Å². The number of aromatic nitrogens is 2. The van der Waals surface area contributed by atoms with Crippen molar-refractivity contribution in [2.75, 3.05) is 0 Å². The molecule has 4 aromatic carbocycles. The molecule has 7 rings (SSSR count). The second-order valence-corrected chi connectivity index (χ2v) is 11.2. The number of aryl methyl sites for hydroxylation is 3. The maximum absolute atomic E-state index is 13.5. The summed E-state index contributed by atoms with van der Waals surface area (Å²) in [4.78, 5) is 32.2. The topological polar surface area (TPSA) is 52.0 Å². The minimum Gasteiger partial charge on any atom is -0.293 e. The maximum Gasteiger partial charge on any atom is 0.197 e. The van der Waals surface area contributed by atoms with Gasteiger partial charge >= 0.3 is 0 Å². The van der Waals surface area contributed by atoms with Gasteiger partial charge in [-0.2, -0.15) is 0 Å². The first kappa shape index (κ1) is 23.5. The summed E-state index contributed by atoms with van der Waals surface area (Å²) in [5.74, 6) is -0.460.